The van der Waals surface area contributed by atoms with E-state index in [1.165, 1.54) is 0 Å². The molecule has 0 saturated heterocycles. The van der Waals surface area contributed by atoms with Crippen LogP contribution in [0.5, 0.6) is 0 Å². The number of fused-ring (bicyclic) bond motifs is 1. The van der Waals surface area contributed by atoms with Gasteiger partial charge in [-0.1, -0.05) is 54.6 Å². The third-order valence-corrected chi connectivity index (χ3v) is 4.14. The van der Waals surface area contributed by atoms with Crippen LogP contribution in [-0.4, -0.2) is 17.8 Å². The van der Waals surface area contributed by atoms with Crippen molar-refractivity contribution >= 4 is 35.1 Å². The van der Waals surface area contributed by atoms with Gasteiger partial charge in [-0.25, -0.2) is 0 Å². The van der Waals surface area contributed by atoms with Crippen LogP contribution in [0.3, 0.4) is 0 Å². The molecular formula is C20H19NO3S. The lowest BCUT2D eigenvalue weighted by molar-refractivity contribution is -0.147. The van der Waals surface area contributed by atoms with Crippen molar-refractivity contribution in [3.63, 3.8) is 0 Å². The quantitative estimate of drug-likeness (QED) is 0.642. The Kier molecular flexibility index (Phi) is 5.14. The van der Waals surface area contributed by atoms with Crippen molar-refractivity contribution in [3.8, 4) is 0 Å². The number of carbonyl (C=O) groups is 1. The molecule has 4 nitrogen and oxygen atoms in total. The zero-order chi connectivity index (χ0) is 17.7. The SMILES string of the molecule is CCOC(=O)CC1(/C=C/c2ccccc2)OC(=S)Nc2ccccc21. The Morgan fingerprint density at radius 3 is 2.68 bits per heavy atom. The first-order valence-corrected chi connectivity index (χ1v) is 8.53. The van der Waals surface area contributed by atoms with Gasteiger partial charge in [-0.3, -0.25) is 4.79 Å². The highest BCUT2D eigenvalue weighted by atomic mass is 32.1. The number of thiocarbonyl (C=S) groups is 1. The Labute approximate surface area is 152 Å². The molecule has 0 saturated carbocycles. The summed E-state index contributed by atoms with van der Waals surface area (Å²) in [6, 6.07) is 17.5. The van der Waals surface area contributed by atoms with E-state index >= 15 is 0 Å². The number of anilines is 1. The topological polar surface area (TPSA) is 47.6 Å². The van der Waals surface area contributed by atoms with Crippen LogP contribution in [0, 0.1) is 0 Å². The molecule has 0 aliphatic carbocycles. The van der Waals surface area contributed by atoms with Crippen molar-refractivity contribution in [1.29, 1.82) is 0 Å². The summed E-state index contributed by atoms with van der Waals surface area (Å²) in [5.74, 6) is -0.334. The van der Waals surface area contributed by atoms with Crippen molar-refractivity contribution < 1.29 is 14.3 Å². The summed E-state index contributed by atoms with van der Waals surface area (Å²) in [6.45, 7) is 2.11. The molecule has 1 aliphatic rings. The monoisotopic (exact) mass is 353 g/mol. The smallest absolute Gasteiger partial charge is 0.310 e. The second kappa shape index (κ2) is 7.49. The lowest BCUT2D eigenvalue weighted by Crippen LogP contribution is -2.40. The lowest BCUT2D eigenvalue weighted by Gasteiger charge is -2.37. The molecule has 2 aromatic carbocycles. The maximum absolute atomic E-state index is 12.2. The first-order chi connectivity index (χ1) is 12.1. The predicted molar refractivity (Wildman–Crippen MR) is 102 cm³/mol. The van der Waals surface area contributed by atoms with E-state index in [1.807, 2.05) is 66.7 Å². The van der Waals surface area contributed by atoms with E-state index < -0.39 is 5.60 Å². The van der Waals surface area contributed by atoms with Gasteiger partial charge in [0.1, 0.15) is 0 Å². The van der Waals surface area contributed by atoms with Gasteiger partial charge in [0, 0.05) is 11.3 Å². The lowest BCUT2D eigenvalue weighted by atomic mass is 9.86. The van der Waals surface area contributed by atoms with Gasteiger partial charge >= 0.3 is 5.97 Å². The first-order valence-electron chi connectivity index (χ1n) is 8.12. The fourth-order valence-electron chi connectivity index (χ4n) is 2.85. The molecule has 5 heteroatoms. The standard InChI is InChI=1S/C20H19NO3S/c1-2-23-18(22)14-20(13-12-15-8-4-3-5-9-15)16-10-6-7-11-17(16)21-19(25)24-20/h3-13H,2,14H2,1H3,(H,21,25)/b13-12+. The number of ether oxygens (including phenoxy) is 2. The first kappa shape index (κ1) is 17.2. The fourth-order valence-corrected chi connectivity index (χ4v) is 3.11. The molecule has 1 heterocycles. The Morgan fingerprint density at radius 1 is 1.20 bits per heavy atom. The molecule has 128 valence electrons. The summed E-state index contributed by atoms with van der Waals surface area (Å²) < 4.78 is 11.1. The van der Waals surface area contributed by atoms with Crippen LogP contribution in [0.2, 0.25) is 0 Å². The highest BCUT2D eigenvalue weighted by molar-refractivity contribution is 7.80. The van der Waals surface area contributed by atoms with E-state index in [0.717, 1.165) is 16.8 Å². The highest BCUT2D eigenvalue weighted by Crippen LogP contribution is 2.40. The van der Waals surface area contributed by atoms with Crippen molar-refractivity contribution in [2.24, 2.45) is 0 Å². The molecule has 0 amide bonds. The summed E-state index contributed by atoms with van der Waals surface area (Å²) in [4.78, 5) is 12.2. The number of carbonyl (C=O) groups excluding carboxylic acids is 1. The molecule has 1 unspecified atom stereocenters. The van der Waals surface area contributed by atoms with E-state index in [0.29, 0.717) is 6.61 Å². The number of benzene rings is 2. The van der Waals surface area contributed by atoms with Crippen molar-refractivity contribution in [3.05, 3.63) is 71.8 Å². The maximum atomic E-state index is 12.2. The Morgan fingerprint density at radius 2 is 1.92 bits per heavy atom. The predicted octanol–water partition coefficient (Wildman–Crippen LogP) is 4.28. The van der Waals surface area contributed by atoms with Gasteiger partial charge in [0.15, 0.2) is 5.60 Å². The molecule has 0 aromatic heterocycles. The zero-order valence-electron chi connectivity index (χ0n) is 13.9. The summed E-state index contributed by atoms with van der Waals surface area (Å²) in [7, 11) is 0. The molecule has 0 bridgehead atoms. The number of hydrogen-bond acceptors (Lipinski definition) is 4. The van der Waals surface area contributed by atoms with Gasteiger partial charge in [0.2, 0.25) is 0 Å². The molecule has 1 N–H and O–H groups in total. The summed E-state index contributed by atoms with van der Waals surface area (Å²) in [6.07, 6.45) is 3.86. The molecule has 0 fully saturated rings. The van der Waals surface area contributed by atoms with Crippen LogP contribution in [-0.2, 0) is 19.9 Å². The average molecular weight is 353 g/mol. The van der Waals surface area contributed by atoms with Crippen LogP contribution in [0.15, 0.2) is 60.7 Å². The molecule has 0 radical (unpaired) electrons. The second-order valence-corrected chi connectivity index (χ2v) is 6.05. The van der Waals surface area contributed by atoms with Gasteiger partial charge < -0.3 is 14.8 Å². The molecule has 2 aromatic rings. The third-order valence-electron chi connectivity index (χ3n) is 3.95. The number of para-hydroxylation sites is 1. The number of nitrogens with one attached hydrogen (secondary N) is 1. The largest absolute Gasteiger partial charge is 0.466 e. The summed E-state index contributed by atoms with van der Waals surface area (Å²) >= 11 is 5.26. The second-order valence-electron chi connectivity index (χ2n) is 5.68. The van der Waals surface area contributed by atoms with Gasteiger partial charge in [-0.05, 0) is 36.8 Å². The summed E-state index contributed by atoms with van der Waals surface area (Å²) in [5, 5.41) is 3.28. The van der Waals surface area contributed by atoms with E-state index in [-0.39, 0.29) is 17.6 Å². The molecule has 1 aliphatic heterocycles. The third kappa shape index (κ3) is 3.88. The molecule has 0 spiro atoms. The maximum Gasteiger partial charge on any atom is 0.310 e. The van der Waals surface area contributed by atoms with Crippen molar-refractivity contribution in [2.75, 3.05) is 11.9 Å². The van der Waals surface area contributed by atoms with E-state index in [2.05, 4.69) is 5.32 Å². The zero-order valence-corrected chi connectivity index (χ0v) is 14.7. The molecule has 25 heavy (non-hydrogen) atoms. The number of esters is 1. The Bertz CT molecular complexity index is 804. The Hall–Kier alpha value is -2.66. The van der Waals surface area contributed by atoms with E-state index in [9.17, 15) is 4.79 Å². The van der Waals surface area contributed by atoms with Gasteiger partial charge in [0.25, 0.3) is 5.17 Å². The molecule has 1 atom stereocenters. The van der Waals surface area contributed by atoms with Crippen molar-refractivity contribution in [2.45, 2.75) is 18.9 Å². The number of hydrogen-bond donors (Lipinski definition) is 1. The van der Waals surface area contributed by atoms with Crippen LogP contribution in [0.4, 0.5) is 5.69 Å². The minimum absolute atomic E-state index is 0.0446. The molecular weight excluding hydrogens is 334 g/mol. The van der Waals surface area contributed by atoms with E-state index in [1.54, 1.807) is 6.92 Å². The fraction of sp³-hybridized carbons (Fsp3) is 0.200. The summed E-state index contributed by atoms with van der Waals surface area (Å²) in [5.41, 5.74) is 1.70. The minimum atomic E-state index is -0.999. The number of rotatable bonds is 5. The average Bonchev–Trinajstić information content (AvgIpc) is 2.61. The van der Waals surface area contributed by atoms with Gasteiger partial charge in [-0.2, -0.15) is 0 Å². The van der Waals surface area contributed by atoms with Gasteiger partial charge in [0.05, 0.1) is 13.0 Å². The van der Waals surface area contributed by atoms with E-state index in [4.69, 9.17) is 21.7 Å². The van der Waals surface area contributed by atoms with Crippen LogP contribution in [0.25, 0.3) is 6.08 Å². The highest BCUT2D eigenvalue weighted by Gasteiger charge is 2.41. The van der Waals surface area contributed by atoms with Crippen LogP contribution >= 0.6 is 12.2 Å². The van der Waals surface area contributed by atoms with Crippen LogP contribution < -0.4 is 5.32 Å². The molecule has 3 rings (SSSR count). The Balaban J connectivity index is 2.05. The van der Waals surface area contributed by atoms with Gasteiger partial charge in [-0.15, -0.1) is 0 Å². The normalized spacial score (nSPS) is 19.0. The van der Waals surface area contributed by atoms with Crippen LogP contribution in [0.1, 0.15) is 24.5 Å². The van der Waals surface area contributed by atoms with Crippen molar-refractivity contribution in [1.82, 2.24) is 0 Å². The minimum Gasteiger partial charge on any atom is -0.466 e.